The normalized spacial score (nSPS) is 12.2. The number of thiophene rings is 1. The molecule has 1 unspecified atom stereocenters. The summed E-state index contributed by atoms with van der Waals surface area (Å²) in [6, 6.07) is 2.03. The molecule has 0 aliphatic heterocycles. The lowest BCUT2D eigenvalue weighted by molar-refractivity contribution is -0.124. The summed E-state index contributed by atoms with van der Waals surface area (Å²) in [7, 11) is 0. The quantitative estimate of drug-likeness (QED) is 0.656. The van der Waals surface area contributed by atoms with E-state index in [2.05, 4.69) is 24.1 Å². The number of carbonyl (C=O) groups is 2. The number of hydrogen-bond acceptors (Lipinski definition) is 6. The van der Waals surface area contributed by atoms with E-state index in [0.29, 0.717) is 5.92 Å². The average molecular weight is 381 g/mol. The molecule has 7 heteroatoms. The number of esters is 1. The molecule has 2 aromatic heterocycles. The monoisotopic (exact) mass is 380 g/mol. The van der Waals surface area contributed by atoms with Crippen LogP contribution >= 0.6 is 22.7 Å². The van der Waals surface area contributed by atoms with E-state index in [1.165, 1.54) is 11.3 Å². The molecule has 0 bridgehead atoms. The van der Waals surface area contributed by atoms with Crippen LogP contribution in [0.5, 0.6) is 0 Å². The molecule has 0 radical (unpaired) electrons. The summed E-state index contributed by atoms with van der Waals surface area (Å²) in [5.74, 6) is -0.181. The van der Waals surface area contributed by atoms with Gasteiger partial charge in [-0.1, -0.05) is 26.7 Å². The van der Waals surface area contributed by atoms with Crippen molar-refractivity contribution in [3.05, 3.63) is 27.9 Å². The Hall–Kier alpha value is -1.73. The van der Waals surface area contributed by atoms with Crippen LogP contribution in [0.2, 0.25) is 0 Å². The highest BCUT2D eigenvalue weighted by atomic mass is 32.1. The van der Waals surface area contributed by atoms with Crippen LogP contribution in [0.15, 0.2) is 22.2 Å². The lowest BCUT2D eigenvalue weighted by atomic mass is 10.0. The molecule has 1 atom stereocenters. The molecule has 0 spiro atoms. The topological polar surface area (TPSA) is 68.3 Å². The van der Waals surface area contributed by atoms with E-state index in [-0.39, 0.29) is 24.2 Å². The number of nitrogens with zero attached hydrogens (tertiary/aromatic N) is 1. The second-order valence-electron chi connectivity index (χ2n) is 6.42. The van der Waals surface area contributed by atoms with Crippen LogP contribution in [-0.2, 0) is 9.53 Å². The smallest absolute Gasteiger partial charge is 0.358 e. The van der Waals surface area contributed by atoms with Crippen LogP contribution in [0.3, 0.4) is 0 Å². The van der Waals surface area contributed by atoms with Gasteiger partial charge in [0.25, 0.3) is 5.91 Å². The van der Waals surface area contributed by atoms with Gasteiger partial charge in [0.1, 0.15) is 5.01 Å². The lowest BCUT2D eigenvalue weighted by Crippen LogP contribution is -2.35. The van der Waals surface area contributed by atoms with Crippen LogP contribution < -0.4 is 5.32 Å². The van der Waals surface area contributed by atoms with Gasteiger partial charge in [-0.15, -0.1) is 11.3 Å². The fourth-order valence-electron chi connectivity index (χ4n) is 2.31. The predicted octanol–water partition coefficient (Wildman–Crippen LogP) is 4.36. The van der Waals surface area contributed by atoms with Crippen LogP contribution in [0.1, 0.15) is 50.5 Å². The summed E-state index contributed by atoms with van der Waals surface area (Å²) >= 11 is 2.96. The Balaban J connectivity index is 1.73. The van der Waals surface area contributed by atoms with Crippen molar-refractivity contribution in [2.75, 3.05) is 6.61 Å². The van der Waals surface area contributed by atoms with Gasteiger partial charge >= 0.3 is 5.97 Å². The number of thiazole rings is 1. The highest BCUT2D eigenvalue weighted by molar-refractivity contribution is 7.14. The Labute approximate surface area is 156 Å². The van der Waals surface area contributed by atoms with Gasteiger partial charge in [-0.2, -0.15) is 11.3 Å². The van der Waals surface area contributed by atoms with Gasteiger partial charge in [-0.3, -0.25) is 4.79 Å². The molecule has 1 amide bonds. The zero-order valence-corrected chi connectivity index (χ0v) is 16.4. The highest BCUT2D eigenvalue weighted by Gasteiger charge is 2.16. The van der Waals surface area contributed by atoms with Crippen LogP contribution in [0.4, 0.5) is 0 Å². The van der Waals surface area contributed by atoms with Gasteiger partial charge in [-0.25, -0.2) is 9.78 Å². The number of nitrogens with one attached hydrogen (secondary N) is 1. The fourth-order valence-corrected chi connectivity index (χ4v) is 3.81. The maximum absolute atomic E-state index is 12.0. The summed E-state index contributed by atoms with van der Waals surface area (Å²) in [4.78, 5) is 28.2. The van der Waals surface area contributed by atoms with Crippen LogP contribution in [0, 0.1) is 5.92 Å². The number of carbonyl (C=O) groups excluding carboxylic acids is 2. The van der Waals surface area contributed by atoms with Crippen LogP contribution in [0.25, 0.3) is 10.6 Å². The molecule has 5 nitrogen and oxygen atoms in total. The first-order valence-corrected chi connectivity index (χ1v) is 10.2. The fraction of sp³-hybridized carbons (Fsp3) is 0.500. The molecule has 0 aromatic carbocycles. The van der Waals surface area contributed by atoms with Gasteiger partial charge in [0, 0.05) is 22.4 Å². The molecule has 2 rings (SSSR count). The van der Waals surface area contributed by atoms with Crippen molar-refractivity contribution < 1.29 is 14.3 Å². The molecule has 0 fully saturated rings. The Morgan fingerprint density at radius 3 is 2.72 bits per heavy atom. The Morgan fingerprint density at radius 2 is 2.04 bits per heavy atom. The summed E-state index contributed by atoms with van der Waals surface area (Å²) in [6.07, 6.45) is 3.14. The lowest BCUT2D eigenvalue weighted by Gasteiger charge is -2.14. The van der Waals surface area contributed by atoms with Crippen molar-refractivity contribution in [2.24, 2.45) is 5.92 Å². The molecule has 2 heterocycles. The van der Waals surface area contributed by atoms with Crippen LogP contribution in [-0.4, -0.2) is 29.5 Å². The first-order chi connectivity index (χ1) is 12.0. The van der Waals surface area contributed by atoms with Crippen molar-refractivity contribution in [3.63, 3.8) is 0 Å². The Bertz CT molecular complexity index is 680. The molecular weight excluding hydrogens is 356 g/mol. The zero-order chi connectivity index (χ0) is 18.2. The third-order valence-electron chi connectivity index (χ3n) is 3.64. The first-order valence-electron chi connectivity index (χ1n) is 8.40. The molecule has 136 valence electrons. The van der Waals surface area contributed by atoms with E-state index in [1.807, 2.05) is 23.8 Å². The first kappa shape index (κ1) is 19.6. The summed E-state index contributed by atoms with van der Waals surface area (Å²) < 4.78 is 5.06. The van der Waals surface area contributed by atoms with Crippen molar-refractivity contribution in [1.29, 1.82) is 0 Å². The second kappa shape index (κ2) is 9.68. The van der Waals surface area contributed by atoms with Gasteiger partial charge in [0.2, 0.25) is 0 Å². The largest absolute Gasteiger partial charge is 0.451 e. The summed E-state index contributed by atoms with van der Waals surface area (Å²) in [6.45, 7) is 6.06. The number of hydrogen-bond donors (Lipinski definition) is 1. The number of amides is 1. The summed E-state index contributed by atoms with van der Waals surface area (Å²) in [5, 5.41) is 9.22. The summed E-state index contributed by atoms with van der Waals surface area (Å²) in [5.41, 5.74) is 1.23. The van der Waals surface area contributed by atoms with Gasteiger partial charge < -0.3 is 10.1 Å². The number of ether oxygens (including phenoxy) is 1. The van der Waals surface area contributed by atoms with E-state index in [1.54, 1.807) is 16.7 Å². The molecule has 0 saturated heterocycles. The van der Waals surface area contributed by atoms with Crippen molar-refractivity contribution in [1.82, 2.24) is 10.3 Å². The molecule has 1 N–H and O–H groups in total. The average Bonchev–Trinajstić information content (AvgIpc) is 3.22. The maximum atomic E-state index is 12.0. The minimum atomic E-state index is -0.569. The van der Waals surface area contributed by atoms with E-state index in [0.717, 1.165) is 29.8 Å². The van der Waals surface area contributed by atoms with Crippen molar-refractivity contribution >= 4 is 34.6 Å². The maximum Gasteiger partial charge on any atom is 0.358 e. The molecular formula is C18H24N2O3S2. The van der Waals surface area contributed by atoms with E-state index in [4.69, 9.17) is 4.74 Å². The minimum Gasteiger partial charge on any atom is -0.451 e. The van der Waals surface area contributed by atoms with E-state index < -0.39 is 5.97 Å². The number of aromatic nitrogens is 1. The van der Waals surface area contributed by atoms with Gasteiger partial charge in [0.05, 0.1) is 0 Å². The molecule has 0 saturated carbocycles. The van der Waals surface area contributed by atoms with E-state index >= 15 is 0 Å². The molecule has 2 aromatic rings. The number of rotatable bonds is 9. The molecule has 0 aliphatic carbocycles. The Kier molecular flexibility index (Phi) is 7.58. The van der Waals surface area contributed by atoms with Crippen molar-refractivity contribution in [2.45, 2.75) is 46.1 Å². The van der Waals surface area contributed by atoms with Crippen molar-refractivity contribution in [3.8, 4) is 10.6 Å². The molecule has 25 heavy (non-hydrogen) atoms. The highest BCUT2D eigenvalue weighted by Crippen LogP contribution is 2.25. The minimum absolute atomic E-state index is 0.0782. The van der Waals surface area contributed by atoms with Gasteiger partial charge in [0.15, 0.2) is 12.3 Å². The Morgan fingerprint density at radius 1 is 1.24 bits per heavy atom. The zero-order valence-electron chi connectivity index (χ0n) is 14.8. The third-order valence-corrected chi connectivity index (χ3v) is 5.22. The second-order valence-corrected chi connectivity index (χ2v) is 8.06. The predicted molar refractivity (Wildman–Crippen MR) is 102 cm³/mol. The standard InChI is InChI=1S/C18H24N2O3S2/c1-12(2)5-4-6-13(3)19-16(21)9-23-18(22)15-11-25-17(20-15)14-7-8-24-10-14/h7-8,10-13H,4-6,9H2,1-3H3,(H,19,21). The van der Waals surface area contributed by atoms with Gasteiger partial charge in [-0.05, 0) is 30.7 Å². The third kappa shape index (κ3) is 6.59. The molecule has 0 aliphatic rings. The SMILES string of the molecule is CC(C)CCCC(C)NC(=O)COC(=O)c1csc(-c2ccsc2)n1. The van der Waals surface area contributed by atoms with E-state index in [9.17, 15) is 9.59 Å².